The van der Waals surface area contributed by atoms with Crippen molar-refractivity contribution in [2.45, 2.75) is 51.5 Å². The van der Waals surface area contributed by atoms with Crippen LogP contribution in [0.3, 0.4) is 0 Å². The summed E-state index contributed by atoms with van der Waals surface area (Å²) < 4.78 is 0. The van der Waals surface area contributed by atoms with Crippen molar-refractivity contribution in [3.63, 3.8) is 0 Å². The molecule has 0 amide bonds. The number of unbranched alkanes of at least 4 members (excludes halogenated alkanes) is 1. The average molecular weight is 426 g/mol. The molecule has 1 aliphatic heterocycles. The van der Waals surface area contributed by atoms with E-state index >= 15 is 0 Å². The SMILES string of the molecule is CCCCN(C)CCCSCC1CC(N(C)C2=C3C=CCC=C/C3=C\C=C\C=N2)C1. The van der Waals surface area contributed by atoms with Crippen LogP contribution < -0.4 is 0 Å². The van der Waals surface area contributed by atoms with Crippen LogP contribution in [0.5, 0.6) is 0 Å². The molecule has 0 radical (unpaired) electrons. The summed E-state index contributed by atoms with van der Waals surface area (Å²) in [5.74, 6) is 4.59. The standard InChI is InChI=1S/C26H39N3S/c1-4-5-16-28(2)17-11-18-30-21-22-19-24(20-22)29(3)26-25-14-8-6-7-12-23(25)13-9-10-15-27-26/h7-10,12-15,22,24H,4-6,11,16-21H2,1-3H3/b10-9+,13-9?,15-10?,23-13+,26-25?,27-15?,27-26?. The van der Waals surface area contributed by atoms with Gasteiger partial charge in [0.1, 0.15) is 5.82 Å². The van der Waals surface area contributed by atoms with Crippen LogP contribution in [0, 0.1) is 5.92 Å². The Labute approximate surface area is 188 Å². The Morgan fingerprint density at radius 3 is 2.70 bits per heavy atom. The third kappa shape index (κ3) is 6.75. The third-order valence-corrected chi connectivity index (χ3v) is 7.53. The van der Waals surface area contributed by atoms with Crippen molar-refractivity contribution < 1.29 is 0 Å². The summed E-state index contributed by atoms with van der Waals surface area (Å²) in [5.41, 5.74) is 2.51. The maximum Gasteiger partial charge on any atom is 0.136 e. The van der Waals surface area contributed by atoms with Crippen molar-refractivity contribution in [1.29, 1.82) is 0 Å². The van der Waals surface area contributed by atoms with E-state index in [4.69, 9.17) is 4.99 Å². The summed E-state index contributed by atoms with van der Waals surface area (Å²) in [7, 11) is 4.49. The molecule has 3 rings (SSSR count). The lowest BCUT2D eigenvalue weighted by molar-refractivity contribution is 0.142. The second-order valence-corrected chi connectivity index (χ2v) is 9.90. The number of aliphatic imine (C=N–C) groups is 1. The van der Waals surface area contributed by atoms with Crippen LogP contribution in [0.4, 0.5) is 0 Å². The lowest BCUT2D eigenvalue weighted by Gasteiger charge is -2.42. The molecule has 3 aliphatic rings. The first kappa shape index (κ1) is 23.1. The average Bonchev–Trinajstić information content (AvgIpc) is 2.92. The Kier molecular flexibility index (Phi) is 9.54. The van der Waals surface area contributed by atoms with Crippen LogP contribution in [0.25, 0.3) is 0 Å². The highest BCUT2D eigenvalue weighted by atomic mass is 32.2. The molecule has 4 heteroatoms. The molecule has 0 spiro atoms. The lowest BCUT2D eigenvalue weighted by Crippen LogP contribution is -2.43. The number of allylic oxidation sites excluding steroid dienone is 9. The number of thioether (sulfide) groups is 1. The van der Waals surface area contributed by atoms with E-state index in [9.17, 15) is 0 Å². The number of hydrogen-bond donors (Lipinski definition) is 0. The minimum absolute atomic E-state index is 0.612. The van der Waals surface area contributed by atoms with Crippen LogP contribution in [-0.2, 0) is 0 Å². The first-order valence-electron chi connectivity index (χ1n) is 11.7. The molecular weight excluding hydrogens is 386 g/mol. The molecule has 1 saturated carbocycles. The van der Waals surface area contributed by atoms with Crippen LogP contribution >= 0.6 is 11.8 Å². The van der Waals surface area contributed by atoms with E-state index in [1.54, 1.807) is 0 Å². The van der Waals surface area contributed by atoms with Crippen LogP contribution in [0.2, 0.25) is 0 Å². The first-order chi connectivity index (χ1) is 14.7. The number of rotatable bonds is 11. The van der Waals surface area contributed by atoms with Crippen molar-refractivity contribution in [3.05, 3.63) is 59.5 Å². The molecule has 0 atom stereocenters. The molecule has 0 aromatic rings. The van der Waals surface area contributed by atoms with Gasteiger partial charge < -0.3 is 9.80 Å². The predicted octanol–water partition coefficient (Wildman–Crippen LogP) is 5.85. The molecule has 1 heterocycles. The van der Waals surface area contributed by atoms with E-state index in [2.05, 4.69) is 79.0 Å². The summed E-state index contributed by atoms with van der Waals surface area (Å²) >= 11 is 2.15. The summed E-state index contributed by atoms with van der Waals surface area (Å²) in [6.45, 7) is 4.75. The van der Waals surface area contributed by atoms with Crippen molar-refractivity contribution in [2.75, 3.05) is 38.7 Å². The van der Waals surface area contributed by atoms with Crippen molar-refractivity contribution >= 4 is 18.0 Å². The van der Waals surface area contributed by atoms with Crippen LogP contribution in [0.15, 0.2) is 64.5 Å². The topological polar surface area (TPSA) is 18.8 Å². The Morgan fingerprint density at radius 1 is 1.07 bits per heavy atom. The number of hydrogen-bond acceptors (Lipinski definition) is 4. The fourth-order valence-electron chi connectivity index (χ4n) is 4.22. The van der Waals surface area contributed by atoms with Gasteiger partial charge in [0.2, 0.25) is 0 Å². The second kappa shape index (κ2) is 12.4. The lowest BCUT2D eigenvalue weighted by atomic mass is 9.80. The molecule has 164 valence electrons. The van der Waals surface area contributed by atoms with Gasteiger partial charge in [0.15, 0.2) is 0 Å². The molecule has 2 aliphatic carbocycles. The maximum absolute atomic E-state index is 4.82. The fourth-order valence-corrected chi connectivity index (χ4v) is 5.33. The number of nitrogens with zero attached hydrogens (tertiary/aromatic N) is 3. The first-order valence-corrected chi connectivity index (χ1v) is 12.8. The number of fused-ring (bicyclic) bond motifs is 1. The fraction of sp³-hybridized carbons (Fsp3) is 0.577. The van der Waals surface area contributed by atoms with Gasteiger partial charge in [0, 0.05) is 24.9 Å². The maximum atomic E-state index is 4.82. The molecule has 0 aromatic carbocycles. The van der Waals surface area contributed by atoms with Crippen LogP contribution in [-0.4, -0.2) is 60.7 Å². The minimum Gasteiger partial charge on any atom is -0.356 e. The highest BCUT2D eigenvalue weighted by Gasteiger charge is 2.33. The van der Waals surface area contributed by atoms with E-state index in [0.717, 1.165) is 18.2 Å². The van der Waals surface area contributed by atoms with Gasteiger partial charge in [-0.25, -0.2) is 4.99 Å². The van der Waals surface area contributed by atoms with Gasteiger partial charge in [0.05, 0.1) is 0 Å². The van der Waals surface area contributed by atoms with E-state index in [1.165, 1.54) is 67.8 Å². The Morgan fingerprint density at radius 2 is 1.87 bits per heavy atom. The summed E-state index contributed by atoms with van der Waals surface area (Å²) in [5, 5.41) is 0. The Balaban J connectivity index is 1.44. The van der Waals surface area contributed by atoms with Crippen molar-refractivity contribution in [1.82, 2.24) is 9.80 Å². The van der Waals surface area contributed by atoms with Crippen LogP contribution in [0.1, 0.15) is 45.4 Å². The van der Waals surface area contributed by atoms with Gasteiger partial charge >= 0.3 is 0 Å². The zero-order chi connectivity index (χ0) is 21.2. The molecular formula is C26H39N3S. The highest BCUT2D eigenvalue weighted by Crippen LogP contribution is 2.37. The van der Waals surface area contributed by atoms with Gasteiger partial charge in [0.25, 0.3) is 0 Å². The second-order valence-electron chi connectivity index (χ2n) is 8.75. The zero-order valence-electron chi connectivity index (χ0n) is 19.1. The van der Waals surface area contributed by atoms with Crippen molar-refractivity contribution in [3.8, 4) is 0 Å². The smallest absolute Gasteiger partial charge is 0.136 e. The molecule has 0 bridgehead atoms. The van der Waals surface area contributed by atoms with E-state index < -0.39 is 0 Å². The normalized spacial score (nSPS) is 25.8. The molecule has 30 heavy (non-hydrogen) atoms. The van der Waals surface area contributed by atoms with E-state index in [1.807, 2.05) is 12.3 Å². The summed E-state index contributed by atoms with van der Waals surface area (Å²) in [4.78, 5) is 9.73. The van der Waals surface area contributed by atoms with Gasteiger partial charge in [-0.2, -0.15) is 11.8 Å². The quantitative estimate of drug-likeness (QED) is 0.387. The third-order valence-electron chi connectivity index (χ3n) is 6.24. The minimum atomic E-state index is 0.612. The molecule has 3 nitrogen and oxygen atoms in total. The van der Waals surface area contributed by atoms with Gasteiger partial charge in [-0.3, -0.25) is 0 Å². The molecule has 0 aromatic heterocycles. The summed E-state index contributed by atoms with van der Waals surface area (Å²) in [6.07, 6.45) is 24.7. The van der Waals surface area contributed by atoms with E-state index in [0.29, 0.717) is 6.04 Å². The van der Waals surface area contributed by atoms with E-state index in [-0.39, 0.29) is 0 Å². The summed E-state index contributed by atoms with van der Waals surface area (Å²) in [6, 6.07) is 0.612. The Bertz CT molecular complexity index is 723. The van der Waals surface area contributed by atoms with Gasteiger partial charge in [-0.1, -0.05) is 49.8 Å². The molecule has 1 fully saturated rings. The van der Waals surface area contributed by atoms with Crippen molar-refractivity contribution in [2.24, 2.45) is 10.9 Å². The molecule has 0 saturated heterocycles. The Hall–Kier alpha value is -1.52. The monoisotopic (exact) mass is 425 g/mol. The molecule has 0 N–H and O–H groups in total. The molecule has 0 unspecified atom stereocenters. The predicted molar refractivity (Wildman–Crippen MR) is 134 cm³/mol. The highest BCUT2D eigenvalue weighted by molar-refractivity contribution is 7.99. The van der Waals surface area contributed by atoms with Gasteiger partial charge in [-0.05, 0) is 81.3 Å². The van der Waals surface area contributed by atoms with Gasteiger partial charge in [-0.15, -0.1) is 0 Å². The zero-order valence-corrected chi connectivity index (χ0v) is 19.9. The largest absolute Gasteiger partial charge is 0.356 e.